The van der Waals surface area contributed by atoms with E-state index in [0.717, 1.165) is 34.1 Å². The van der Waals surface area contributed by atoms with Gasteiger partial charge in [0.1, 0.15) is 17.8 Å². The van der Waals surface area contributed by atoms with Gasteiger partial charge in [0.05, 0.1) is 23.5 Å². The monoisotopic (exact) mass is 549 g/mol. The Kier molecular flexibility index (Phi) is 9.20. The predicted octanol–water partition coefficient (Wildman–Crippen LogP) is 0.825. The lowest BCUT2D eigenvalue weighted by molar-refractivity contribution is -0.384. The van der Waals surface area contributed by atoms with Crippen molar-refractivity contribution in [3.8, 4) is 5.75 Å². The van der Waals surface area contributed by atoms with Gasteiger partial charge >= 0.3 is 12.0 Å². The maximum Gasteiger partial charge on any atom is 0.328 e. The van der Waals surface area contributed by atoms with Crippen LogP contribution in [0.15, 0.2) is 53.4 Å². The highest BCUT2D eigenvalue weighted by atomic mass is 32.2. The van der Waals surface area contributed by atoms with Crippen LogP contribution in [0.25, 0.3) is 0 Å². The van der Waals surface area contributed by atoms with Crippen LogP contribution in [0, 0.1) is 10.1 Å². The molecule has 2 atom stereocenters. The zero-order valence-corrected chi connectivity index (χ0v) is 21.1. The third-order valence-corrected chi connectivity index (χ3v) is 7.78. The third kappa shape index (κ3) is 6.95. The van der Waals surface area contributed by atoms with Gasteiger partial charge in [-0.05, 0) is 42.7 Å². The zero-order chi connectivity index (χ0) is 27.9. The first kappa shape index (κ1) is 28.3. The Labute approximate surface area is 218 Å². The fourth-order valence-corrected chi connectivity index (χ4v) is 5.47. The van der Waals surface area contributed by atoms with Gasteiger partial charge in [-0.1, -0.05) is 12.1 Å². The number of nitro groups is 1. The molecule has 1 aliphatic rings. The Morgan fingerprint density at radius 2 is 1.79 bits per heavy atom. The second-order valence-corrected chi connectivity index (χ2v) is 10.2. The molecule has 3 amide bonds. The number of rotatable bonds is 11. The van der Waals surface area contributed by atoms with Gasteiger partial charge in [0, 0.05) is 25.2 Å². The molecule has 1 fully saturated rings. The number of ether oxygens (including phenoxy) is 1. The number of hydrogen-bond donors (Lipinski definition) is 4. The molecule has 15 heteroatoms. The molecule has 0 aromatic heterocycles. The number of nitro benzene ring substituents is 1. The Morgan fingerprint density at radius 3 is 2.37 bits per heavy atom. The van der Waals surface area contributed by atoms with Crippen molar-refractivity contribution >= 4 is 33.6 Å². The predicted molar refractivity (Wildman–Crippen MR) is 133 cm³/mol. The van der Waals surface area contributed by atoms with E-state index in [9.17, 15) is 38.0 Å². The lowest BCUT2D eigenvalue weighted by Crippen LogP contribution is -2.54. The van der Waals surface area contributed by atoms with Crippen molar-refractivity contribution in [2.75, 3.05) is 20.2 Å². The number of hydrogen-bond acceptors (Lipinski definition) is 8. The van der Waals surface area contributed by atoms with E-state index in [-0.39, 0.29) is 30.1 Å². The van der Waals surface area contributed by atoms with E-state index in [1.807, 2.05) is 0 Å². The smallest absolute Gasteiger partial charge is 0.328 e. The Balaban J connectivity index is 1.58. The van der Waals surface area contributed by atoms with E-state index in [1.165, 1.54) is 7.11 Å². The molecule has 4 N–H and O–H groups in total. The van der Waals surface area contributed by atoms with E-state index in [4.69, 9.17) is 4.74 Å². The van der Waals surface area contributed by atoms with Crippen molar-refractivity contribution in [1.82, 2.24) is 20.3 Å². The third-order valence-electron chi connectivity index (χ3n) is 5.85. The molecular weight excluding hydrogens is 522 g/mol. The molecule has 2 unspecified atom stereocenters. The molecule has 1 saturated heterocycles. The summed E-state index contributed by atoms with van der Waals surface area (Å²) >= 11 is 0. The molecule has 2 aromatic carbocycles. The molecule has 0 aliphatic carbocycles. The van der Waals surface area contributed by atoms with E-state index in [0.29, 0.717) is 12.2 Å². The Hall–Kier alpha value is -4.24. The maximum absolute atomic E-state index is 13.1. The summed E-state index contributed by atoms with van der Waals surface area (Å²) in [5.41, 5.74) is 0.490. The number of carboxylic acid groups (broad SMARTS) is 1. The number of benzene rings is 2. The SMILES string of the molecule is COc1ccc(CNC(=O)NCC(NC(=O)C2CCCN2S(=O)(=O)c2ccc([N+](=O)[O-])cc2)C(=O)O)cc1. The average molecular weight is 550 g/mol. The van der Waals surface area contributed by atoms with Crippen molar-refractivity contribution in [1.29, 1.82) is 0 Å². The molecule has 38 heavy (non-hydrogen) atoms. The first-order valence-corrected chi connectivity index (χ1v) is 12.9. The van der Waals surface area contributed by atoms with Crippen molar-refractivity contribution in [2.24, 2.45) is 0 Å². The average Bonchev–Trinajstić information content (AvgIpc) is 3.41. The van der Waals surface area contributed by atoms with Crippen LogP contribution in [0.4, 0.5) is 10.5 Å². The number of non-ortho nitro benzene ring substituents is 1. The summed E-state index contributed by atoms with van der Waals surface area (Å²) in [7, 11) is -2.65. The van der Waals surface area contributed by atoms with Gasteiger partial charge in [-0.3, -0.25) is 14.9 Å². The van der Waals surface area contributed by atoms with Crippen LogP contribution in [0.2, 0.25) is 0 Å². The summed E-state index contributed by atoms with van der Waals surface area (Å²) in [6.45, 7) is -0.268. The molecule has 204 valence electrons. The van der Waals surface area contributed by atoms with Crippen molar-refractivity contribution in [3.05, 3.63) is 64.2 Å². The number of nitrogens with one attached hydrogen (secondary N) is 3. The number of carbonyl (C=O) groups is 3. The minimum Gasteiger partial charge on any atom is -0.497 e. The molecule has 0 bridgehead atoms. The van der Waals surface area contributed by atoms with Crippen molar-refractivity contribution in [2.45, 2.75) is 36.4 Å². The normalized spacial score (nSPS) is 16.3. The van der Waals surface area contributed by atoms with Crippen LogP contribution in [0.5, 0.6) is 5.75 Å². The summed E-state index contributed by atoms with van der Waals surface area (Å²) in [6.07, 6.45) is 0.508. The van der Waals surface area contributed by atoms with Crippen molar-refractivity contribution < 1.29 is 37.6 Å². The maximum atomic E-state index is 13.1. The first-order valence-electron chi connectivity index (χ1n) is 11.5. The van der Waals surface area contributed by atoms with Crippen LogP contribution in [0.1, 0.15) is 18.4 Å². The van der Waals surface area contributed by atoms with E-state index < -0.39 is 51.5 Å². The van der Waals surface area contributed by atoms with Crippen LogP contribution < -0.4 is 20.7 Å². The largest absolute Gasteiger partial charge is 0.497 e. The van der Waals surface area contributed by atoms with Gasteiger partial charge in [0.15, 0.2) is 0 Å². The number of carbonyl (C=O) groups excluding carboxylic acids is 2. The highest BCUT2D eigenvalue weighted by Gasteiger charge is 2.40. The quantitative estimate of drug-likeness (QED) is 0.232. The zero-order valence-electron chi connectivity index (χ0n) is 20.3. The number of sulfonamides is 1. The number of aliphatic carboxylic acids is 1. The van der Waals surface area contributed by atoms with Gasteiger partial charge in [0.25, 0.3) is 5.69 Å². The minimum atomic E-state index is -4.18. The highest BCUT2D eigenvalue weighted by molar-refractivity contribution is 7.89. The Morgan fingerprint density at radius 1 is 1.13 bits per heavy atom. The lowest BCUT2D eigenvalue weighted by atomic mass is 10.2. The number of nitrogens with zero attached hydrogens (tertiary/aromatic N) is 2. The molecule has 1 aliphatic heterocycles. The van der Waals surface area contributed by atoms with Gasteiger partial charge in [0.2, 0.25) is 15.9 Å². The second-order valence-electron chi connectivity index (χ2n) is 8.34. The van der Waals surface area contributed by atoms with Gasteiger partial charge in [-0.25, -0.2) is 18.0 Å². The number of carboxylic acids is 1. The van der Waals surface area contributed by atoms with E-state index in [2.05, 4.69) is 16.0 Å². The second kappa shape index (κ2) is 12.3. The molecule has 0 saturated carbocycles. The lowest BCUT2D eigenvalue weighted by Gasteiger charge is -2.25. The Bertz CT molecular complexity index is 1280. The van der Waals surface area contributed by atoms with Crippen LogP contribution in [0.3, 0.4) is 0 Å². The summed E-state index contributed by atoms with van der Waals surface area (Å²) in [4.78, 5) is 46.7. The van der Waals surface area contributed by atoms with Gasteiger partial charge in [-0.15, -0.1) is 0 Å². The fraction of sp³-hybridized carbons (Fsp3) is 0.348. The van der Waals surface area contributed by atoms with Crippen molar-refractivity contribution in [3.63, 3.8) is 0 Å². The molecule has 0 spiro atoms. The molecular formula is C23H27N5O9S. The topological polar surface area (TPSA) is 197 Å². The summed E-state index contributed by atoms with van der Waals surface area (Å²) < 4.78 is 32.2. The summed E-state index contributed by atoms with van der Waals surface area (Å²) in [5, 5.41) is 27.6. The van der Waals surface area contributed by atoms with Crippen LogP contribution in [-0.2, 0) is 26.2 Å². The number of urea groups is 1. The highest BCUT2D eigenvalue weighted by Crippen LogP contribution is 2.27. The molecule has 3 rings (SSSR count). The number of amides is 3. The van der Waals surface area contributed by atoms with Crippen LogP contribution in [-0.4, -0.2) is 72.9 Å². The van der Waals surface area contributed by atoms with Gasteiger partial charge < -0.3 is 25.8 Å². The fourth-order valence-electron chi connectivity index (χ4n) is 3.82. The number of methoxy groups -OCH3 is 1. The summed E-state index contributed by atoms with van der Waals surface area (Å²) in [5.74, 6) is -1.60. The summed E-state index contributed by atoms with van der Waals surface area (Å²) in [6, 6.07) is 7.83. The molecule has 0 radical (unpaired) electrons. The molecule has 2 aromatic rings. The molecule has 14 nitrogen and oxygen atoms in total. The van der Waals surface area contributed by atoms with E-state index in [1.54, 1.807) is 24.3 Å². The first-order chi connectivity index (χ1) is 18.0. The molecule has 1 heterocycles. The van der Waals surface area contributed by atoms with Crippen LogP contribution >= 0.6 is 0 Å². The van der Waals surface area contributed by atoms with Gasteiger partial charge in [-0.2, -0.15) is 4.31 Å². The standard InChI is InChI=1S/C23H27N5O9S/c1-37-17-8-4-15(5-9-17)13-24-23(32)25-14-19(22(30)31)26-21(29)20-3-2-12-27(20)38(35,36)18-10-6-16(7-11-18)28(33)34/h4-11,19-20H,2-3,12-14H2,1H3,(H,26,29)(H,30,31)(H2,24,25,32). The minimum absolute atomic E-state index is 0.0150. The van der Waals surface area contributed by atoms with E-state index >= 15 is 0 Å².